The van der Waals surface area contributed by atoms with E-state index in [2.05, 4.69) is 26.6 Å². The lowest BCUT2D eigenvalue weighted by atomic mass is 10.0. The van der Waals surface area contributed by atoms with Crippen LogP contribution in [0.15, 0.2) is 46.8 Å². The third-order valence-electron chi connectivity index (χ3n) is 4.42. The van der Waals surface area contributed by atoms with E-state index in [9.17, 15) is 9.59 Å². The number of rotatable bonds is 9. The van der Waals surface area contributed by atoms with Crippen LogP contribution in [-0.4, -0.2) is 34.4 Å². The Morgan fingerprint density at radius 1 is 1.25 bits per heavy atom. The summed E-state index contributed by atoms with van der Waals surface area (Å²) >= 11 is 0. The molecular weight excluding hydrogens is 358 g/mol. The fraction of sp³-hybridized carbons (Fsp3) is 0.350. The quantitative estimate of drug-likeness (QED) is 0.535. The molecule has 2 heterocycles. The fourth-order valence-corrected chi connectivity index (χ4v) is 2.80. The first-order chi connectivity index (χ1) is 13.5. The molecule has 0 fully saturated rings. The van der Waals surface area contributed by atoms with Crippen molar-refractivity contribution in [1.29, 1.82) is 0 Å². The SMILES string of the molecule is C#CCCC1(CCC(=O)Nc2nn(Cc3ccccc3)cc2C(=O)OC)N=N1. The topological polar surface area (TPSA) is 97.9 Å². The van der Waals surface area contributed by atoms with Crippen LogP contribution < -0.4 is 5.32 Å². The van der Waals surface area contributed by atoms with Gasteiger partial charge in [-0.05, 0) is 5.56 Å². The number of nitrogens with zero attached hydrogens (tertiary/aromatic N) is 4. The molecule has 1 aromatic carbocycles. The molecule has 1 aliphatic rings. The number of methoxy groups -OCH3 is 1. The van der Waals surface area contributed by atoms with Crippen LogP contribution in [0.1, 0.15) is 41.6 Å². The Bertz CT molecular complexity index is 921. The van der Waals surface area contributed by atoms with Crippen molar-refractivity contribution in [3.63, 3.8) is 0 Å². The summed E-state index contributed by atoms with van der Waals surface area (Å²) in [7, 11) is 1.29. The zero-order chi connectivity index (χ0) is 20.0. The maximum Gasteiger partial charge on any atom is 0.343 e. The number of ether oxygens (including phenoxy) is 1. The molecule has 0 radical (unpaired) electrons. The van der Waals surface area contributed by atoms with Crippen LogP contribution in [-0.2, 0) is 16.1 Å². The average molecular weight is 379 g/mol. The van der Waals surface area contributed by atoms with E-state index in [1.165, 1.54) is 7.11 Å². The normalized spacial score (nSPS) is 13.6. The van der Waals surface area contributed by atoms with Gasteiger partial charge in [-0.25, -0.2) is 4.79 Å². The number of esters is 1. The highest BCUT2D eigenvalue weighted by molar-refractivity contribution is 5.99. The molecule has 1 aliphatic heterocycles. The summed E-state index contributed by atoms with van der Waals surface area (Å²) in [6.45, 7) is 0.466. The van der Waals surface area contributed by atoms with Gasteiger partial charge in [-0.15, -0.1) is 12.3 Å². The molecule has 28 heavy (non-hydrogen) atoms. The summed E-state index contributed by atoms with van der Waals surface area (Å²) < 4.78 is 6.39. The molecule has 0 saturated carbocycles. The number of hydrogen-bond acceptors (Lipinski definition) is 6. The molecule has 0 spiro atoms. The molecule has 1 aromatic heterocycles. The van der Waals surface area contributed by atoms with Crippen molar-refractivity contribution in [1.82, 2.24) is 9.78 Å². The van der Waals surface area contributed by atoms with E-state index in [1.807, 2.05) is 30.3 Å². The van der Waals surface area contributed by atoms with Gasteiger partial charge in [0.1, 0.15) is 5.56 Å². The number of carbonyl (C=O) groups is 2. The third-order valence-corrected chi connectivity index (χ3v) is 4.42. The minimum atomic E-state index is -0.563. The summed E-state index contributed by atoms with van der Waals surface area (Å²) in [6, 6.07) is 9.68. The molecule has 1 N–H and O–H groups in total. The van der Waals surface area contributed by atoms with Crippen molar-refractivity contribution >= 4 is 17.7 Å². The van der Waals surface area contributed by atoms with Gasteiger partial charge in [0.25, 0.3) is 0 Å². The van der Waals surface area contributed by atoms with Crippen LogP contribution in [0.2, 0.25) is 0 Å². The van der Waals surface area contributed by atoms with Gasteiger partial charge in [0.05, 0.1) is 13.7 Å². The number of anilines is 1. The molecule has 0 saturated heterocycles. The highest BCUT2D eigenvalue weighted by Gasteiger charge is 2.39. The van der Waals surface area contributed by atoms with Gasteiger partial charge in [-0.1, -0.05) is 30.3 Å². The van der Waals surface area contributed by atoms with Gasteiger partial charge < -0.3 is 10.1 Å². The zero-order valence-corrected chi connectivity index (χ0v) is 15.6. The van der Waals surface area contributed by atoms with Crippen molar-refractivity contribution in [2.75, 3.05) is 12.4 Å². The Kier molecular flexibility index (Phi) is 5.84. The van der Waals surface area contributed by atoms with Crippen molar-refractivity contribution in [3.8, 4) is 12.3 Å². The first-order valence-corrected chi connectivity index (χ1v) is 8.92. The molecule has 0 bridgehead atoms. The van der Waals surface area contributed by atoms with E-state index < -0.39 is 11.6 Å². The van der Waals surface area contributed by atoms with Crippen LogP contribution in [0.4, 0.5) is 5.82 Å². The molecular formula is C20H21N5O3. The lowest BCUT2D eigenvalue weighted by molar-refractivity contribution is -0.116. The Morgan fingerprint density at radius 2 is 2.00 bits per heavy atom. The number of terminal acetylenes is 1. The average Bonchev–Trinajstić information content (AvgIpc) is 3.38. The van der Waals surface area contributed by atoms with E-state index in [4.69, 9.17) is 11.2 Å². The molecule has 8 nitrogen and oxygen atoms in total. The molecule has 1 amide bonds. The van der Waals surface area contributed by atoms with E-state index >= 15 is 0 Å². The highest BCUT2D eigenvalue weighted by atomic mass is 16.5. The van der Waals surface area contributed by atoms with Crippen molar-refractivity contribution < 1.29 is 14.3 Å². The van der Waals surface area contributed by atoms with E-state index in [0.29, 0.717) is 25.8 Å². The van der Waals surface area contributed by atoms with Gasteiger partial charge in [0.2, 0.25) is 5.91 Å². The molecule has 8 heteroatoms. The largest absolute Gasteiger partial charge is 0.465 e. The lowest BCUT2D eigenvalue weighted by Gasteiger charge is -2.08. The zero-order valence-electron chi connectivity index (χ0n) is 15.6. The van der Waals surface area contributed by atoms with Crippen molar-refractivity contribution in [2.24, 2.45) is 10.2 Å². The van der Waals surface area contributed by atoms with E-state index in [-0.39, 0.29) is 23.7 Å². The van der Waals surface area contributed by atoms with Crippen LogP contribution in [0.3, 0.4) is 0 Å². The predicted molar refractivity (Wildman–Crippen MR) is 103 cm³/mol. The number of amides is 1. The van der Waals surface area contributed by atoms with E-state index in [1.54, 1.807) is 10.9 Å². The molecule has 3 rings (SSSR count). The molecule has 2 aromatic rings. The standard InChI is InChI=1S/C20H21N5O3/c1-3-4-11-20(23-24-20)12-10-17(26)21-18-16(19(27)28-2)14-25(22-18)13-15-8-6-5-7-9-15/h1,5-9,14H,4,10-13H2,2H3,(H,21,22,26). The van der Waals surface area contributed by atoms with Crippen LogP contribution in [0, 0.1) is 12.3 Å². The third kappa shape index (κ3) is 4.82. The Hall–Kier alpha value is -3.47. The Labute approximate surface area is 163 Å². The summed E-state index contributed by atoms with van der Waals surface area (Å²) in [5.41, 5.74) is 0.697. The summed E-state index contributed by atoms with van der Waals surface area (Å²) in [4.78, 5) is 24.4. The second kappa shape index (κ2) is 8.48. The van der Waals surface area contributed by atoms with Crippen molar-refractivity contribution in [3.05, 3.63) is 47.7 Å². The molecule has 0 atom stereocenters. The smallest absolute Gasteiger partial charge is 0.343 e. The fourth-order valence-electron chi connectivity index (χ4n) is 2.80. The van der Waals surface area contributed by atoms with Gasteiger partial charge in [-0.3, -0.25) is 9.48 Å². The lowest BCUT2D eigenvalue weighted by Crippen LogP contribution is -2.19. The predicted octanol–water partition coefficient (Wildman–Crippen LogP) is 3.01. The Morgan fingerprint density at radius 3 is 2.64 bits per heavy atom. The highest BCUT2D eigenvalue weighted by Crippen LogP contribution is 2.37. The van der Waals surface area contributed by atoms with Gasteiger partial charge in [0.15, 0.2) is 11.5 Å². The summed E-state index contributed by atoms with van der Waals surface area (Å²) in [5.74, 6) is 1.90. The maximum atomic E-state index is 12.4. The maximum absolute atomic E-state index is 12.4. The Balaban J connectivity index is 1.65. The van der Waals surface area contributed by atoms with Crippen LogP contribution >= 0.6 is 0 Å². The number of carbonyl (C=O) groups excluding carboxylic acids is 2. The van der Waals surface area contributed by atoms with Crippen LogP contribution in [0.5, 0.6) is 0 Å². The number of hydrogen-bond donors (Lipinski definition) is 1. The first-order valence-electron chi connectivity index (χ1n) is 8.92. The summed E-state index contributed by atoms with van der Waals surface area (Å²) in [6.07, 6.45) is 8.70. The number of aromatic nitrogens is 2. The van der Waals surface area contributed by atoms with Crippen molar-refractivity contribution in [2.45, 2.75) is 37.9 Å². The van der Waals surface area contributed by atoms with Gasteiger partial charge in [-0.2, -0.15) is 15.3 Å². The summed E-state index contributed by atoms with van der Waals surface area (Å²) in [5, 5.41) is 15.1. The second-order valence-electron chi connectivity index (χ2n) is 6.50. The number of nitrogens with one attached hydrogen (secondary N) is 1. The second-order valence-corrected chi connectivity index (χ2v) is 6.50. The minimum absolute atomic E-state index is 0.176. The van der Waals surface area contributed by atoms with Gasteiger partial charge in [0, 0.05) is 31.9 Å². The monoisotopic (exact) mass is 379 g/mol. The van der Waals surface area contributed by atoms with Gasteiger partial charge >= 0.3 is 5.97 Å². The van der Waals surface area contributed by atoms with E-state index in [0.717, 1.165) is 5.56 Å². The molecule has 144 valence electrons. The number of benzene rings is 1. The first kappa shape index (κ1) is 19.3. The van der Waals surface area contributed by atoms with Crippen LogP contribution in [0.25, 0.3) is 0 Å². The molecule has 0 aliphatic carbocycles. The minimum Gasteiger partial charge on any atom is -0.465 e. The molecule has 0 unspecified atom stereocenters.